The Morgan fingerprint density at radius 1 is 1.35 bits per heavy atom. The van der Waals surface area contributed by atoms with Gasteiger partial charge >= 0.3 is 0 Å². The fraction of sp³-hybridized carbons (Fsp3) is 0.438. The van der Waals surface area contributed by atoms with Crippen molar-refractivity contribution < 1.29 is 12.9 Å². The minimum atomic E-state index is -3.43. The number of sulfonamides is 1. The third-order valence-electron chi connectivity index (χ3n) is 3.92. The van der Waals surface area contributed by atoms with E-state index < -0.39 is 10.0 Å². The maximum Gasteiger partial charge on any atom is 0.240 e. The lowest BCUT2D eigenvalue weighted by Crippen LogP contribution is -2.21. The predicted octanol–water partition coefficient (Wildman–Crippen LogP) is 2.30. The molecule has 23 heavy (non-hydrogen) atoms. The number of hydrogen-bond acceptors (Lipinski definition) is 5. The Labute approximate surface area is 137 Å². The Balaban J connectivity index is 2.14. The lowest BCUT2D eigenvalue weighted by molar-refractivity contribution is 0.389. The molecule has 0 amide bonds. The molecule has 0 aliphatic carbocycles. The normalized spacial score (nSPS) is 13.2. The lowest BCUT2D eigenvalue weighted by Gasteiger charge is -2.15. The van der Waals surface area contributed by atoms with Crippen LogP contribution in [0.4, 0.5) is 0 Å². The summed E-state index contributed by atoms with van der Waals surface area (Å²) >= 11 is 0. The minimum absolute atomic E-state index is 0.000937. The smallest absolute Gasteiger partial charge is 0.240 e. The van der Waals surface area contributed by atoms with Gasteiger partial charge in [0.1, 0.15) is 5.76 Å². The van der Waals surface area contributed by atoms with Gasteiger partial charge < -0.3 is 9.84 Å². The van der Waals surface area contributed by atoms with Crippen molar-refractivity contribution in [2.75, 3.05) is 7.05 Å². The Kier molecular flexibility index (Phi) is 5.56. The molecule has 1 aromatic carbocycles. The lowest BCUT2D eigenvalue weighted by atomic mass is 10.1. The van der Waals surface area contributed by atoms with E-state index in [-0.39, 0.29) is 10.9 Å². The molecular formula is C16H23N3O3S. The van der Waals surface area contributed by atoms with Crippen LogP contribution >= 0.6 is 0 Å². The van der Waals surface area contributed by atoms with Crippen LogP contribution in [-0.4, -0.2) is 20.6 Å². The Bertz CT molecular complexity index is 769. The molecule has 1 heterocycles. The summed E-state index contributed by atoms with van der Waals surface area (Å²) in [6, 6.07) is 6.93. The SMILES string of the molecule is CCc1noc(C)c1CN[C@H](C)c1cccc(S(=O)(=O)NC)c1. The highest BCUT2D eigenvalue weighted by molar-refractivity contribution is 7.89. The van der Waals surface area contributed by atoms with E-state index in [1.54, 1.807) is 18.2 Å². The van der Waals surface area contributed by atoms with Gasteiger partial charge in [-0.25, -0.2) is 13.1 Å². The van der Waals surface area contributed by atoms with Crippen LogP contribution in [0.1, 0.15) is 42.5 Å². The summed E-state index contributed by atoms with van der Waals surface area (Å²) in [6.07, 6.45) is 0.818. The van der Waals surface area contributed by atoms with E-state index in [1.807, 2.05) is 26.8 Å². The van der Waals surface area contributed by atoms with Crippen LogP contribution in [-0.2, 0) is 23.0 Å². The summed E-state index contributed by atoms with van der Waals surface area (Å²) in [5.41, 5.74) is 2.93. The highest BCUT2D eigenvalue weighted by atomic mass is 32.2. The van der Waals surface area contributed by atoms with Crippen LogP contribution < -0.4 is 10.0 Å². The number of hydrogen-bond donors (Lipinski definition) is 2. The van der Waals surface area contributed by atoms with Crippen molar-refractivity contribution in [2.45, 2.75) is 44.7 Å². The van der Waals surface area contributed by atoms with Crippen molar-refractivity contribution in [1.82, 2.24) is 15.2 Å². The number of rotatable bonds is 7. The standard InChI is InChI=1S/C16H23N3O3S/c1-5-16-15(12(3)22-19-16)10-18-11(2)13-7-6-8-14(9-13)23(20,21)17-4/h6-9,11,17-18H,5,10H2,1-4H3/t11-/m1/s1. The van der Waals surface area contributed by atoms with Gasteiger partial charge in [-0.1, -0.05) is 24.2 Å². The molecule has 1 aromatic heterocycles. The highest BCUT2D eigenvalue weighted by Crippen LogP contribution is 2.19. The van der Waals surface area contributed by atoms with Crippen molar-refractivity contribution in [2.24, 2.45) is 0 Å². The van der Waals surface area contributed by atoms with Crippen LogP contribution in [0.2, 0.25) is 0 Å². The monoisotopic (exact) mass is 337 g/mol. The quantitative estimate of drug-likeness (QED) is 0.810. The maximum atomic E-state index is 11.9. The Morgan fingerprint density at radius 3 is 2.74 bits per heavy atom. The first kappa shape index (κ1) is 17.7. The summed E-state index contributed by atoms with van der Waals surface area (Å²) in [5.74, 6) is 0.813. The molecule has 2 rings (SSSR count). The van der Waals surface area contributed by atoms with Gasteiger partial charge in [0.2, 0.25) is 10.0 Å². The maximum absolute atomic E-state index is 11.9. The zero-order valence-corrected chi connectivity index (χ0v) is 14.7. The first-order chi connectivity index (χ1) is 10.9. The molecule has 0 aliphatic heterocycles. The molecule has 6 nitrogen and oxygen atoms in total. The summed E-state index contributed by atoms with van der Waals surface area (Å²) in [5, 5.41) is 7.44. The zero-order chi connectivity index (χ0) is 17.0. The number of nitrogens with zero attached hydrogens (tertiary/aromatic N) is 1. The molecule has 1 atom stereocenters. The van der Waals surface area contributed by atoms with Gasteiger partial charge in [-0.2, -0.15) is 0 Å². The molecule has 0 saturated carbocycles. The number of benzene rings is 1. The van der Waals surface area contributed by atoms with Crippen LogP contribution in [0, 0.1) is 6.92 Å². The molecule has 0 radical (unpaired) electrons. The van der Waals surface area contributed by atoms with Gasteiger partial charge in [-0.15, -0.1) is 0 Å². The van der Waals surface area contributed by atoms with Crippen molar-refractivity contribution in [3.05, 3.63) is 46.8 Å². The second-order valence-corrected chi connectivity index (χ2v) is 7.29. The number of aromatic nitrogens is 1. The molecule has 7 heteroatoms. The average molecular weight is 337 g/mol. The molecule has 126 valence electrons. The van der Waals surface area contributed by atoms with Crippen LogP contribution in [0.5, 0.6) is 0 Å². The van der Waals surface area contributed by atoms with E-state index in [2.05, 4.69) is 15.2 Å². The second-order valence-electron chi connectivity index (χ2n) is 5.40. The summed E-state index contributed by atoms with van der Waals surface area (Å²) in [6.45, 7) is 6.56. The first-order valence-electron chi connectivity index (χ1n) is 7.60. The first-order valence-corrected chi connectivity index (χ1v) is 9.08. The van der Waals surface area contributed by atoms with Crippen LogP contribution in [0.25, 0.3) is 0 Å². The van der Waals surface area contributed by atoms with Gasteiger partial charge in [0, 0.05) is 18.2 Å². The van der Waals surface area contributed by atoms with Crippen molar-refractivity contribution in [3.8, 4) is 0 Å². The van der Waals surface area contributed by atoms with Gasteiger partial charge in [0.05, 0.1) is 10.6 Å². The average Bonchev–Trinajstić information content (AvgIpc) is 2.92. The van der Waals surface area contributed by atoms with E-state index in [9.17, 15) is 8.42 Å². The van der Waals surface area contributed by atoms with E-state index in [1.165, 1.54) is 7.05 Å². The largest absolute Gasteiger partial charge is 0.361 e. The van der Waals surface area contributed by atoms with Crippen molar-refractivity contribution in [3.63, 3.8) is 0 Å². The molecule has 0 spiro atoms. The molecule has 2 N–H and O–H groups in total. The van der Waals surface area contributed by atoms with E-state index in [4.69, 9.17) is 4.52 Å². The fourth-order valence-corrected chi connectivity index (χ4v) is 3.17. The summed E-state index contributed by atoms with van der Waals surface area (Å²) in [4.78, 5) is 0.265. The van der Waals surface area contributed by atoms with Gasteiger partial charge in [-0.3, -0.25) is 0 Å². The Morgan fingerprint density at radius 2 is 2.09 bits per heavy atom. The molecule has 0 bridgehead atoms. The van der Waals surface area contributed by atoms with Gasteiger partial charge in [-0.05, 0) is 45.0 Å². The predicted molar refractivity (Wildman–Crippen MR) is 88.6 cm³/mol. The Hall–Kier alpha value is -1.70. The van der Waals surface area contributed by atoms with Crippen LogP contribution in [0.3, 0.4) is 0 Å². The van der Waals surface area contributed by atoms with Gasteiger partial charge in [0.25, 0.3) is 0 Å². The number of aryl methyl sites for hydroxylation is 2. The molecule has 2 aromatic rings. The van der Waals surface area contributed by atoms with E-state index in [0.717, 1.165) is 29.0 Å². The minimum Gasteiger partial charge on any atom is -0.361 e. The second kappa shape index (κ2) is 7.25. The van der Waals surface area contributed by atoms with Gasteiger partial charge in [0.15, 0.2) is 0 Å². The third kappa shape index (κ3) is 3.99. The molecular weight excluding hydrogens is 314 g/mol. The highest BCUT2D eigenvalue weighted by Gasteiger charge is 2.15. The number of nitrogens with one attached hydrogen (secondary N) is 2. The van der Waals surface area contributed by atoms with Crippen LogP contribution in [0.15, 0.2) is 33.7 Å². The van der Waals surface area contributed by atoms with E-state index >= 15 is 0 Å². The van der Waals surface area contributed by atoms with Crippen molar-refractivity contribution >= 4 is 10.0 Å². The van der Waals surface area contributed by atoms with E-state index in [0.29, 0.717) is 6.54 Å². The fourth-order valence-electron chi connectivity index (χ4n) is 2.38. The topological polar surface area (TPSA) is 84.2 Å². The third-order valence-corrected chi connectivity index (χ3v) is 5.34. The zero-order valence-electron chi connectivity index (χ0n) is 13.9. The molecule has 0 aliphatic rings. The summed E-state index contributed by atoms with van der Waals surface area (Å²) in [7, 11) is -2.03. The molecule has 0 fully saturated rings. The molecule has 0 saturated heterocycles. The molecule has 0 unspecified atom stereocenters. The van der Waals surface area contributed by atoms with Crippen molar-refractivity contribution in [1.29, 1.82) is 0 Å². The summed E-state index contributed by atoms with van der Waals surface area (Å²) < 4.78 is 31.3.